The van der Waals surface area contributed by atoms with Gasteiger partial charge in [-0.1, -0.05) is 99.6 Å². The molecule has 0 saturated carbocycles. The number of nitrogens with one attached hydrogen (secondary N) is 1. The van der Waals surface area contributed by atoms with E-state index in [9.17, 15) is 9.59 Å². The number of carbonyl (C=O) groups excluding carboxylic acids is 2. The van der Waals surface area contributed by atoms with Gasteiger partial charge in [-0.05, 0) is 35.1 Å². The van der Waals surface area contributed by atoms with Gasteiger partial charge in [-0.2, -0.15) is 0 Å². The molecule has 0 spiro atoms. The summed E-state index contributed by atoms with van der Waals surface area (Å²) in [6.07, 6.45) is 0.420. The van der Waals surface area contributed by atoms with Crippen molar-refractivity contribution < 1.29 is 14.3 Å². The van der Waals surface area contributed by atoms with Crippen molar-refractivity contribution in [1.29, 1.82) is 0 Å². The zero-order valence-electron chi connectivity index (χ0n) is 21.2. The molecular weight excluding hydrogens is 436 g/mol. The van der Waals surface area contributed by atoms with Crippen LogP contribution in [0.2, 0.25) is 0 Å². The first-order chi connectivity index (χ1) is 16.8. The summed E-state index contributed by atoms with van der Waals surface area (Å²) < 4.78 is 6.06. The molecule has 0 aliphatic heterocycles. The topological polar surface area (TPSA) is 58.6 Å². The van der Waals surface area contributed by atoms with Crippen LogP contribution < -0.4 is 10.1 Å². The largest absolute Gasteiger partial charge is 0.483 e. The van der Waals surface area contributed by atoms with Crippen molar-refractivity contribution in [2.75, 3.05) is 13.2 Å². The van der Waals surface area contributed by atoms with Crippen molar-refractivity contribution in [3.63, 3.8) is 0 Å². The number of hydrogen-bond donors (Lipinski definition) is 1. The van der Waals surface area contributed by atoms with Gasteiger partial charge in [-0.25, -0.2) is 0 Å². The normalized spacial score (nSPS) is 12.0. The fourth-order valence-corrected chi connectivity index (χ4v) is 4.06. The van der Waals surface area contributed by atoms with Gasteiger partial charge in [-0.15, -0.1) is 0 Å². The molecule has 0 aliphatic carbocycles. The molecule has 0 bridgehead atoms. The third kappa shape index (κ3) is 7.44. The molecule has 3 rings (SSSR count). The van der Waals surface area contributed by atoms with Crippen LogP contribution in [0.25, 0.3) is 0 Å². The SMILES string of the molecule is CCNC(=O)[C@@H](Cc1ccccc1)N(Cc1ccccc1)C(=O)COc1ccccc1C(C)(C)C. The van der Waals surface area contributed by atoms with E-state index in [1.54, 1.807) is 4.90 Å². The molecule has 0 saturated heterocycles. The molecule has 5 nitrogen and oxygen atoms in total. The third-order valence-electron chi connectivity index (χ3n) is 5.86. The summed E-state index contributed by atoms with van der Waals surface area (Å²) in [6, 6.07) is 26.7. The monoisotopic (exact) mass is 472 g/mol. The number of hydrogen-bond acceptors (Lipinski definition) is 3. The summed E-state index contributed by atoms with van der Waals surface area (Å²) in [5, 5.41) is 2.92. The maximum atomic E-state index is 13.6. The predicted molar refractivity (Wildman–Crippen MR) is 140 cm³/mol. The molecule has 0 unspecified atom stereocenters. The van der Waals surface area contributed by atoms with Crippen LogP contribution in [0.5, 0.6) is 5.75 Å². The van der Waals surface area contributed by atoms with E-state index in [1.165, 1.54) is 0 Å². The fourth-order valence-electron chi connectivity index (χ4n) is 4.06. The predicted octanol–water partition coefficient (Wildman–Crippen LogP) is 5.14. The quantitative estimate of drug-likeness (QED) is 0.445. The first kappa shape index (κ1) is 26.0. The number of benzene rings is 3. The lowest BCUT2D eigenvalue weighted by Gasteiger charge is -2.31. The molecule has 1 atom stereocenters. The van der Waals surface area contributed by atoms with Crippen molar-refractivity contribution in [3.8, 4) is 5.75 Å². The van der Waals surface area contributed by atoms with Gasteiger partial charge in [0, 0.05) is 19.5 Å². The summed E-state index contributed by atoms with van der Waals surface area (Å²) in [5.41, 5.74) is 2.86. The maximum Gasteiger partial charge on any atom is 0.261 e. The molecule has 3 aromatic rings. The van der Waals surface area contributed by atoms with E-state index in [-0.39, 0.29) is 23.8 Å². The Balaban J connectivity index is 1.90. The minimum absolute atomic E-state index is 0.125. The van der Waals surface area contributed by atoms with Crippen LogP contribution >= 0.6 is 0 Å². The van der Waals surface area contributed by atoms with Crippen LogP contribution in [0.4, 0.5) is 0 Å². The Labute approximate surface area is 209 Å². The van der Waals surface area contributed by atoms with Gasteiger partial charge in [0.25, 0.3) is 5.91 Å². The lowest BCUT2D eigenvalue weighted by molar-refractivity contribution is -0.142. The molecule has 3 aromatic carbocycles. The average molecular weight is 473 g/mol. The van der Waals surface area contributed by atoms with E-state index < -0.39 is 6.04 Å². The summed E-state index contributed by atoms with van der Waals surface area (Å²) in [6.45, 7) is 8.89. The molecule has 0 heterocycles. The Kier molecular flexibility index (Phi) is 9.07. The van der Waals surface area contributed by atoms with Crippen LogP contribution in [-0.4, -0.2) is 35.9 Å². The fraction of sp³-hybridized carbons (Fsp3) is 0.333. The van der Waals surface area contributed by atoms with Crippen molar-refractivity contribution in [2.24, 2.45) is 0 Å². The number of para-hydroxylation sites is 1. The summed E-state index contributed by atoms with van der Waals surface area (Å²) in [5.74, 6) is 0.283. The van der Waals surface area contributed by atoms with Gasteiger partial charge >= 0.3 is 0 Å². The Morgan fingerprint density at radius 2 is 1.43 bits per heavy atom. The summed E-state index contributed by atoms with van der Waals surface area (Å²) >= 11 is 0. The molecule has 1 N–H and O–H groups in total. The molecule has 0 aliphatic rings. The first-order valence-electron chi connectivity index (χ1n) is 12.2. The van der Waals surface area contributed by atoms with E-state index in [1.807, 2.05) is 91.9 Å². The van der Waals surface area contributed by atoms with Gasteiger partial charge in [0.1, 0.15) is 11.8 Å². The van der Waals surface area contributed by atoms with Crippen molar-refractivity contribution in [1.82, 2.24) is 10.2 Å². The molecule has 2 amide bonds. The molecule has 0 radical (unpaired) electrons. The Hall–Kier alpha value is -3.60. The van der Waals surface area contributed by atoms with Crippen molar-refractivity contribution in [3.05, 3.63) is 102 Å². The number of amides is 2. The maximum absolute atomic E-state index is 13.6. The van der Waals surface area contributed by atoms with Gasteiger partial charge in [0.15, 0.2) is 6.61 Å². The van der Waals surface area contributed by atoms with E-state index in [4.69, 9.17) is 4.74 Å². The van der Waals surface area contributed by atoms with Gasteiger partial charge in [0.05, 0.1) is 0 Å². The van der Waals surface area contributed by atoms with E-state index in [2.05, 4.69) is 26.1 Å². The average Bonchev–Trinajstić information content (AvgIpc) is 2.85. The van der Waals surface area contributed by atoms with Crippen LogP contribution in [0.15, 0.2) is 84.9 Å². The minimum atomic E-state index is -0.661. The number of rotatable bonds is 10. The summed E-state index contributed by atoms with van der Waals surface area (Å²) in [7, 11) is 0. The lowest BCUT2D eigenvalue weighted by Crippen LogP contribution is -2.51. The third-order valence-corrected chi connectivity index (χ3v) is 5.86. The number of likely N-dealkylation sites (N-methyl/N-ethyl adjacent to an activating group) is 1. The van der Waals surface area contributed by atoms with Crippen LogP contribution in [0.1, 0.15) is 44.4 Å². The standard InChI is InChI=1S/C30H36N2O3/c1-5-31-29(34)26(20-23-14-8-6-9-15-23)32(21-24-16-10-7-11-17-24)28(33)22-35-27-19-13-12-18-25(27)30(2,3)4/h6-19,26H,5,20-22H2,1-4H3,(H,31,34)/t26-/m1/s1. The Bertz CT molecular complexity index is 1090. The smallest absolute Gasteiger partial charge is 0.261 e. The first-order valence-corrected chi connectivity index (χ1v) is 12.2. The minimum Gasteiger partial charge on any atom is -0.483 e. The molecule has 5 heteroatoms. The summed E-state index contributed by atoms with van der Waals surface area (Å²) in [4.78, 5) is 28.5. The number of nitrogens with zero attached hydrogens (tertiary/aromatic N) is 1. The van der Waals surface area contributed by atoms with E-state index >= 15 is 0 Å². The number of carbonyl (C=O) groups is 2. The van der Waals surface area contributed by atoms with E-state index in [0.717, 1.165) is 16.7 Å². The lowest BCUT2D eigenvalue weighted by atomic mass is 9.86. The van der Waals surface area contributed by atoms with Crippen LogP contribution in [0, 0.1) is 0 Å². The van der Waals surface area contributed by atoms with E-state index in [0.29, 0.717) is 25.3 Å². The van der Waals surface area contributed by atoms with Crippen molar-refractivity contribution >= 4 is 11.8 Å². The molecule has 184 valence electrons. The highest BCUT2D eigenvalue weighted by molar-refractivity contribution is 5.88. The highest BCUT2D eigenvalue weighted by Gasteiger charge is 2.30. The molecular formula is C30H36N2O3. The number of ether oxygens (including phenoxy) is 1. The Morgan fingerprint density at radius 1 is 0.857 bits per heavy atom. The second-order valence-electron chi connectivity index (χ2n) is 9.64. The molecule has 35 heavy (non-hydrogen) atoms. The molecule has 0 aromatic heterocycles. The zero-order valence-corrected chi connectivity index (χ0v) is 21.2. The second-order valence-corrected chi connectivity index (χ2v) is 9.64. The molecule has 0 fully saturated rings. The van der Waals surface area contributed by atoms with Crippen LogP contribution in [-0.2, 0) is 28.0 Å². The van der Waals surface area contributed by atoms with Gasteiger partial charge in [-0.3, -0.25) is 9.59 Å². The van der Waals surface area contributed by atoms with Gasteiger partial charge in [0.2, 0.25) is 5.91 Å². The highest BCUT2D eigenvalue weighted by Crippen LogP contribution is 2.31. The van der Waals surface area contributed by atoms with Crippen LogP contribution in [0.3, 0.4) is 0 Å². The van der Waals surface area contributed by atoms with Crippen molar-refractivity contribution in [2.45, 2.75) is 52.1 Å². The second kappa shape index (κ2) is 12.2. The zero-order chi connectivity index (χ0) is 25.3. The van der Waals surface area contributed by atoms with Gasteiger partial charge < -0.3 is 15.0 Å². The Morgan fingerprint density at radius 3 is 2.03 bits per heavy atom. The highest BCUT2D eigenvalue weighted by atomic mass is 16.5.